The second-order valence-electron chi connectivity index (χ2n) is 6.92. The van der Waals surface area contributed by atoms with E-state index in [0.717, 1.165) is 38.8 Å². The van der Waals surface area contributed by atoms with Crippen LogP contribution in [-0.2, 0) is 4.79 Å². The van der Waals surface area contributed by atoms with Gasteiger partial charge in [-0.2, -0.15) is 0 Å². The molecule has 0 amide bonds. The minimum Gasteiger partial charge on any atom is -0.392 e. The van der Waals surface area contributed by atoms with Gasteiger partial charge in [-0.25, -0.2) is 0 Å². The second kappa shape index (κ2) is 5.12. The molecule has 110 valence electrons. The van der Waals surface area contributed by atoms with Gasteiger partial charge in [0.25, 0.3) is 0 Å². The molecule has 4 unspecified atom stereocenters. The van der Waals surface area contributed by atoms with Crippen LogP contribution in [-0.4, -0.2) is 42.0 Å². The summed E-state index contributed by atoms with van der Waals surface area (Å²) in [6.45, 7) is 3.98. The maximum Gasteiger partial charge on any atom is 0.162 e. The van der Waals surface area contributed by atoms with Gasteiger partial charge in [-0.05, 0) is 58.2 Å². The standard InChI is InChI=1S/C17H25NO2/c1-12-9-13-11-15(19)14-5-3-7-18(2)8-4-6-17(13,14)16(20)10-12/h3,5,10,13-15,19H,4,6-9,11H2,1-2H3/b5-3+. The fourth-order valence-electron chi connectivity index (χ4n) is 4.61. The number of ketones is 1. The first-order valence-corrected chi connectivity index (χ1v) is 7.79. The minimum absolute atomic E-state index is 0.0100. The number of hydrogen-bond acceptors (Lipinski definition) is 3. The molecule has 1 heterocycles. The topological polar surface area (TPSA) is 40.5 Å². The van der Waals surface area contributed by atoms with E-state index < -0.39 is 0 Å². The van der Waals surface area contributed by atoms with Gasteiger partial charge < -0.3 is 10.0 Å². The normalized spacial score (nSPS) is 43.9. The third-order valence-corrected chi connectivity index (χ3v) is 5.56. The zero-order valence-electron chi connectivity index (χ0n) is 12.5. The predicted molar refractivity (Wildman–Crippen MR) is 79.3 cm³/mol. The Morgan fingerprint density at radius 2 is 2.25 bits per heavy atom. The number of likely N-dealkylation sites (N-methyl/N-ethyl adjacent to an activating group) is 1. The SMILES string of the molecule is CC1=CC(=O)C23CCCN(C)C/C=C/C2C(O)CC3C1. The van der Waals surface area contributed by atoms with Gasteiger partial charge in [0.15, 0.2) is 5.78 Å². The Morgan fingerprint density at radius 1 is 1.45 bits per heavy atom. The van der Waals surface area contributed by atoms with Crippen LogP contribution in [0.4, 0.5) is 0 Å². The molecule has 1 saturated carbocycles. The lowest BCUT2D eigenvalue weighted by atomic mass is 9.61. The van der Waals surface area contributed by atoms with E-state index in [0.29, 0.717) is 5.92 Å². The van der Waals surface area contributed by atoms with E-state index in [2.05, 4.69) is 24.1 Å². The highest BCUT2D eigenvalue weighted by Crippen LogP contribution is 2.56. The molecule has 0 aromatic heterocycles. The first kappa shape index (κ1) is 14.0. The van der Waals surface area contributed by atoms with E-state index in [1.807, 2.05) is 13.0 Å². The largest absolute Gasteiger partial charge is 0.392 e. The Morgan fingerprint density at radius 3 is 3.05 bits per heavy atom. The van der Waals surface area contributed by atoms with Gasteiger partial charge in [0.1, 0.15) is 0 Å². The first-order chi connectivity index (χ1) is 9.54. The molecule has 1 aliphatic heterocycles. The van der Waals surface area contributed by atoms with Crippen LogP contribution in [0, 0.1) is 17.3 Å². The van der Waals surface area contributed by atoms with E-state index in [4.69, 9.17) is 0 Å². The van der Waals surface area contributed by atoms with Crippen LogP contribution in [0.1, 0.15) is 32.6 Å². The molecular weight excluding hydrogens is 250 g/mol. The molecule has 1 N–H and O–H groups in total. The number of rotatable bonds is 0. The molecule has 1 fully saturated rings. The van der Waals surface area contributed by atoms with Crippen molar-refractivity contribution in [3.63, 3.8) is 0 Å². The summed E-state index contributed by atoms with van der Waals surface area (Å²) in [6.07, 6.45) is 9.46. The summed E-state index contributed by atoms with van der Waals surface area (Å²) >= 11 is 0. The Kier molecular flexibility index (Phi) is 3.59. The lowest BCUT2D eigenvalue weighted by Gasteiger charge is -2.40. The van der Waals surface area contributed by atoms with Crippen molar-refractivity contribution in [3.05, 3.63) is 23.8 Å². The van der Waals surface area contributed by atoms with Crippen LogP contribution in [0.2, 0.25) is 0 Å². The molecule has 0 saturated heterocycles. The van der Waals surface area contributed by atoms with E-state index in [-0.39, 0.29) is 23.2 Å². The smallest absolute Gasteiger partial charge is 0.162 e. The number of nitrogens with zero attached hydrogens (tertiary/aromatic N) is 1. The van der Waals surface area contributed by atoms with Gasteiger partial charge in [0.2, 0.25) is 0 Å². The van der Waals surface area contributed by atoms with Crippen molar-refractivity contribution in [1.82, 2.24) is 4.90 Å². The minimum atomic E-state index is -0.358. The van der Waals surface area contributed by atoms with Crippen molar-refractivity contribution in [2.24, 2.45) is 17.3 Å². The maximum atomic E-state index is 12.8. The fraction of sp³-hybridized carbons (Fsp3) is 0.706. The summed E-state index contributed by atoms with van der Waals surface area (Å²) < 4.78 is 0. The first-order valence-electron chi connectivity index (χ1n) is 7.79. The van der Waals surface area contributed by atoms with Crippen molar-refractivity contribution >= 4 is 5.78 Å². The van der Waals surface area contributed by atoms with Crippen LogP contribution in [0.5, 0.6) is 0 Å². The summed E-state index contributed by atoms with van der Waals surface area (Å²) in [4.78, 5) is 15.1. The van der Waals surface area contributed by atoms with Crippen LogP contribution in [0.15, 0.2) is 23.8 Å². The Hall–Kier alpha value is -0.930. The molecule has 4 atom stereocenters. The summed E-state index contributed by atoms with van der Waals surface area (Å²) in [5, 5.41) is 10.5. The number of aliphatic hydroxyl groups is 1. The molecular formula is C17H25NO2. The highest BCUT2D eigenvalue weighted by molar-refractivity contribution is 5.97. The lowest BCUT2D eigenvalue weighted by molar-refractivity contribution is -0.129. The average Bonchev–Trinajstić information content (AvgIpc) is 2.67. The van der Waals surface area contributed by atoms with Crippen molar-refractivity contribution in [2.45, 2.75) is 38.7 Å². The molecule has 3 heteroatoms. The van der Waals surface area contributed by atoms with Crippen molar-refractivity contribution < 1.29 is 9.90 Å². The second-order valence-corrected chi connectivity index (χ2v) is 6.92. The van der Waals surface area contributed by atoms with Gasteiger partial charge in [-0.1, -0.05) is 17.7 Å². The molecule has 0 bridgehead atoms. The fourth-order valence-corrected chi connectivity index (χ4v) is 4.61. The highest BCUT2D eigenvalue weighted by Gasteiger charge is 2.57. The molecule has 0 aromatic carbocycles. The maximum absolute atomic E-state index is 12.8. The van der Waals surface area contributed by atoms with E-state index >= 15 is 0 Å². The summed E-state index contributed by atoms with van der Waals surface area (Å²) in [6, 6.07) is 0. The number of aliphatic hydroxyl groups excluding tert-OH is 1. The summed E-state index contributed by atoms with van der Waals surface area (Å²) in [7, 11) is 2.11. The van der Waals surface area contributed by atoms with Crippen LogP contribution >= 0.6 is 0 Å². The molecule has 20 heavy (non-hydrogen) atoms. The zero-order chi connectivity index (χ0) is 14.3. The van der Waals surface area contributed by atoms with E-state index in [1.54, 1.807) is 0 Å². The lowest BCUT2D eigenvalue weighted by Crippen LogP contribution is -2.43. The number of carbonyl (C=O) groups is 1. The Balaban J connectivity index is 2.01. The van der Waals surface area contributed by atoms with Crippen molar-refractivity contribution in [1.29, 1.82) is 0 Å². The monoisotopic (exact) mass is 275 g/mol. The van der Waals surface area contributed by atoms with Crippen LogP contribution < -0.4 is 0 Å². The van der Waals surface area contributed by atoms with E-state index in [9.17, 15) is 9.90 Å². The summed E-state index contributed by atoms with van der Waals surface area (Å²) in [5.41, 5.74) is 0.847. The Bertz CT molecular complexity index is 468. The third-order valence-electron chi connectivity index (χ3n) is 5.56. The predicted octanol–water partition coefficient (Wildman–Crippen LogP) is 2.17. The molecule has 0 aromatic rings. The van der Waals surface area contributed by atoms with Gasteiger partial charge in [-0.3, -0.25) is 4.79 Å². The van der Waals surface area contributed by atoms with Crippen molar-refractivity contribution in [3.8, 4) is 0 Å². The third kappa shape index (κ3) is 2.08. The van der Waals surface area contributed by atoms with Crippen molar-refractivity contribution in [2.75, 3.05) is 20.1 Å². The van der Waals surface area contributed by atoms with Crippen LogP contribution in [0.25, 0.3) is 0 Å². The zero-order valence-corrected chi connectivity index (χ0v) is 12.5. The molecule has 1 spiro atoms. The molecule has 2 aliphatic carbocycles. The Labute approximate surface area is 121 Å². The molecule has 3 rings (SSSR count). The van der Waals surface area contributed by atoms with Gasteiger partial charge in [0, 0.05) is 17.9 Å². The average molecular weight is 275 g/mol. The van der Waals surface area contributed by atoms with Gasteiger partial charge in [0.05, 0.1) is 6.10 Å². The molecule has 3 nitrogen and oxygen atoms in total. The van der Waals surface area contributed by atoms with Crippen LogP contribution in [0.3, 0.4) is 0 Å². The summed E-state index contributed by atoms with van der Waals surface area (Å²) in [5.74, 6) is 0.603. The number of carbonyl (C=O) groups excluding carboxylic acids is 1. The van der Waals surface area contributed by atoms with Gasteiger partial charge in [-0.15, -0.1) is 0 Å². The quantitative estimate of drug-likeness (QED) is 0.689. The number of allylic oxidation sites excluding steroid dienone is 2. The molecule has 3 aliphatic rings. The highest BCUT2D eigenvalue weighted by atomic mass is 16.3. The van der Waals surface area contributed by atoms with E-state index in [1.165, 1.54) is 5.57 Å². The number of hydrogen-bond donors (Lipinski definition) is 1. The van der Waals surface area contributed by atoms with Gasteiger partial charge >= 0.3 is 0 Å². The molecule has 0 radical (unpaired) electrons.